The quantitative estimate of drug-likeness (QED) is 0.447. The van der Waals surface area contributed by atoms with Crippen LogP contribution in [0.1, 0.15) is 6.92 Å². The van der Waals surface area contributed by atoms with Gasteiger partial charge in [-0.1, -0.05) is 11.6 Å². The Morgan fingerprint density at radius 1 is 1.90 bits per heavy atom. The fraction of sp³-hybridized carbons (Fsp3) is 0.500. The molecule has 1 unspecified atom stereocenters. The number of nitrogens with one attached hydrogen (secondary N) is 1. The molecule has 0 aromatic rings. The van der Waals surface area contributed by atoms with Gasteiger partial charge in [-0.3, -0.25) is 0 Å². The average Bonchev–Trinajstić information content (AvgIpc) is 2.10. The number of aldehydes is 1. The Kier molecular flexibility index (Phi) is 1.70. The molecule has 56 valence electrons. The molecule has 1 N–H and O–H groups in total. The molecule has 0 fully saturated rings. The molecule has 1 heterocycles. The zero-order valence-electron chi connectivity index (χ0n) is 5.89. The summed E-state index contributed by atoms with van der Waals surface area (Å²) in [5.41, 5.74) is 2.25. The lowest BCUT2D eigenvalue weighted by Crippen LogP contribution is -2.44. The molecular weight excluding hydrogens is 152 g/mol. The van der Waals surface area contributed by atoms with Gasteiger partial charge in [0.05, 0.1) is 0 Å². The van der Waals surface area contributed by atoms with Crippen molar-refractivity contribution in [2.45, 2.75) is 12.5 Å². The molecule has 1 atom stereocenters. The largest absolute Gasteiger partial charge is 0.301 e. The molecule has 3 nitrogen and oxygen atoms in total. The molecule has 1 aliphatic heterocycles. The van der Waals surface area contributed by atoms with Gasteiger partial charge >= 0.3 is 0 Å². The molecule has 0 saturated heterocycles. The molecule has 1 aliphatic rings. The van der Waals surface area contributed by atoms with Crippen molar-refractivity contribution < 1.29 is 4.79 Å². The molecule has 0 bridgehead atoms. The first-order valence-electron chi connectivity index (χ1n) is 2.94. The highest BCUT2D eigenvalue weighted by Crippen LogP contribution is 2.19. The Morgan fingerprint density at radius 3 is 2.70 bits per heavy atom. The number of carbonyl (C=O) groups is 1. The minimum absolute atomic E-state index is 0.551. The Morgan fingerprint density at radius 2 is 2.50 bits per heavy atom. The van der Waals surface area contributed by atoms with E-state index in [0.29, 0.717) is 5.16 Å². The van der Waals surface area contributed by atoms with Crippen LogP contribution in [-0.4, -0.2) is 23.9 Å². The van der Waals surface area contributed by atoms with Gasteiger partial charge in [0, 0.05) is 7.05 Å². The van der Waals surface area contributed by atoms with Gasteiger partial charge in [-0.25, -0.2) is 5.43 Å². The van der Waals surface area contributed by atoms with Gasteiger partial charge in [0.25, 0.3) is 0 Å². The van der Waals surface area contributed by atoms with E-state index in [1.54, 1.807) is 25.1 Å². The second-order valence-electron chi connectivity index (χ2n) is 2.54. The lowest BCUT2D eigenvalue weighted by molar-refractivity contribution is -0.112. The minimum Gasteiger partial charge on any atom is -0.301 e. The predicted octanol–water partition coefficient (Wildman–Crippen LogP) is 0.474. The lowest BCUT2D eigenvalue weighted by atomic mass is 10.1. The van der Waals surface area contributed by atoms with Crippen molar-refractivity contribution in [1.82, 2.24) is 10.4 Å². The monoisotopic (exact) mass is 160 g/mol. The fourth-order valence-corrected chi connectivity index (χ4v) is 1.12. The van der Waals surface area contributed by atoms with Crippen LogP contribution in [0.5, 0.6) is 0 Å². The summed E-state index contributed by atoms with van der Waals surface area (Å²) in [4.78, 5) is 10.4. The third-order valence-electron chi connectivity index (χ3n) is 1.39. The van der Waals surface area contributed by atoms with E-state index in [9.17, 15) is 4.79 Å². The van der Waals surface area contributed by atoms with E-state index in [1.807, 2.05) is 0 Å². The number of nitrogens with zero attached hydrogens (tertiary/aromatic N) is 1. The Hall–Kier alpha value is -0.540. The highest BCUT2D eigenvalue weighted by molar-refractivity contribution is 6.29. The molecule has 0 radical (unpaired) electrons. The van der Waals surface area contributed by atoms with Crippen molar-refractivity contribution in [2.24, 2.45) is 0 Å². The maximum absolute atomic E-state index is 10.4. The molecule has 0 aliphatic carbocycles. The third-order valence-corrected chi connectivity index (χ3v) is 1.76. The molecular formula is C6H9ClN2O. The fourth-order valence-electron chi connectivity index (χ4n) is 0.852. The number of halogens is 1. The summed E-state index contributed by atoms with van der Waals surface area (Å²) < 4.78 is 0. The summed E-state index contributed by atoms with van der Waals surface area (Å²) in [7, 11) is 1.76. The van der Waals surface area contributed by atoms with Crippen LogP contribution in [0.25, 0.3) is 0 Å². The normalized spacial score (nSPS) is 32.3. The van der Waals surface area contributed by atoms with Crippen LogP contribution < -0.4 is 5.43 Å². The van der Waals surface area contributed by atoms with Gasteiger partial charge in [0.15, 0.2) is 0 Å². The summed E-state index contributed by atoms with van der Waals surface area (Å²) in [5.74, 6) is 0. The summed E-state index contributed by atoms with van der Waals surface area (Å²) >= 11 is 5.69. The van der Waals surface area contributed by atoms with E-state index >= 15 is 0 Å². The number of carbonyl (C=O) groups excluding carboxylic acids is 1. The molecule has 1 rings (SSSR count). The van der Waals surface area contributed by atoms with Crippen molar-refractivity contribution in [3.8, 4) is 0 Å². The third kappa shape index (κ3) is 1.15. The van der Waals surface area contributed by atoms with E-state index in [1.165, 1.54) is 0 Å². The van der Waals surface area contributed by atoms with Crippen molar-refractivity contribution in [2.75, 3.05) is 7.05 Å². The number of hydrogen-bond donors (Lipinski definition) is 1. The van der Waals surface area contributed by atoms with Crippen molar-refractivity contribution in [1.29, 1.82) is 0 Å². The standard InChI is InChI=1S/C6H9ClN2O/c1-6(4-10)3-5(7)9(2)8-6/h3-4,8H,1-2H3. The molecule has 0 aromatic heterocycles. The first-order chi connectivity index (χ1) is 4.57. The van der Waals surface area contributed by atoms with Gasteiger partial charge < -0.3 is 9.80 Å². The topological polar surface area (TPSA) is 32.3 Å². The van der Waals surface area contributed by atoms with E-state index in [4.69, 9.17) is 11.6 Å². The van der Waals surface area contributed by atoms with Crippen LogP contribution in [0.4, 0.5) is 0 Å². The maximum atomic E-state index is 10.4. The van der Waals surface area contributed by atoms with E-state index in [0.717, 1.165) is 6.29 Å². The average molecular weight is 161 g/mol. The molecule has 0 saturated carbocycles. The zero-order chi connectivity index (χ0) is 7.78. The van der Waals surface area contributed by atoms with E-state index in [2.05, 4.69) is 5.43 Å². The van der Waals surface area contributed by atoms with Crippen LogP contribution in [-0.2, 0) is 4.79 Å². The van der Waals surface area contributed by atoms with Crippen LogP contribution in [0.2, 0.25) is 0 Å². The summed E-state index contributed by atoms with van der Waals surface area (Å²) in [6, 6.07) is 0. The molecule has 0 amide bonds. The molecule has 10 heavy (non-hydrogen) atoms. The predicted molar refractivity (Wildman–Crippen MR) is 39.3 cm³/mol. The molecule has 0 spiro atoms. The summed E-state index contributed by atoms with van der Waals surface area (Å²) in [6.45, 7) is 1.76. The van der Waals surface area contributed by atoms with Crippen LogP contribution in [0.15, 0.2) is 11.2 Å². The highest BCUT2D eigenvalue weighted by atomic mass is 35.5. The Balaban J connectivity index is 2.82. The van der Waals surface area contributed by atoms with Crippen molar-refractivity contribution in [3.05, 3.63) is 11.2 Å². The number of rotatable bonds is 1. The smallest absolute Gasteiger partial charge is 0.145 e. The minimum atomic E-state index is -0.619. The summed E-state index contributed by atoms with van der Waals surface area (Å²) in [5, 5.41) is 2.16. The van der Waals surface area contributed by atoms with E-state index in [-0.39, 0.29) is 0 Å². The maximum Gasteiger partial charge on any atom is 0.145 e. The SMILES string of the molecule is CN1NC(C)(C=O)C=C1Cl. The zero-order valence-corrected chi connectivity index (χ0v) is 6.64. The molecule has 0 aromatic carbocycles. The first-order valence-corrected chi connectivity index (χ1v) is 3.31. The second kappa shape index (κ2) is 2.25. The highest BCUT2D eigenvalue weighted by Gasteiger charge is 2.29. The second-order valence-corrected chi connectivity index (χ2v) is 2.93. The Labute approximate surface area is 64.6 Å². The van der Waals surface area contributed by atoms with Crippen LogP contribution in [0.3, 0.4) is 0 Å². The van der Waals surface area contributed by atoms with E-state index < -0.39 is 5.54 Å². The number of hydrogen-bond acceptors (Lipinski definition) is 3. The Bertz CT molecular complexity index is 192. The van der Waals surface area contributed by atoms with Crippen molar-refractivity contribution in [3.63, 3.8) is 0 Å². The van der Waals surface area contributed by atoms with Crippen LogP contribution >= 0.6 is 11.6 Å². The summed E-state index contributed by atoms with van der Waals surface area (Å²) in [6.07, 6.45) is 2.49. The van der Waals surface area contributed by atoms with Gasteiger partial charge in [0.2, 0.25) is 0 Å². The first kappa shape index (κ1) is 7.57. The molecule has 4 heteroatoms. The van der Waals surface area contributed by atoms with Gasteiger partial charge in [-0.2, -0.15) is 0 Å². The van der Waals surface area contributed by atoms with Crippen molar-refractivity contribution >= 4 is 17.9 Å². The van der Waals surface area contributed by atoms with Gasteiger partial charge in [0.1, 0.15) is 17.0 Å². The van der Waals surface area contributed by atoms with Gasteiger partial charge in [-0.15, -0.1) is 0 Å². The van der Waals surface area contributed by atoms with Gasteiger partial charge in [-0.05, 0) is 13.0 Å². The number of hydrazine groups is 1. The lowest BCUT2D eigenvalue weighted by Gasteiger charge is -2.18. The van der Waals surface area contributed by atoms with Crippen LogP contribution in [0, 0.1) is 0 Å².